The summed E-state index contributed by atoms with van der Waals surface area (Å²) < 4.78 is 2.76. The zero-order valence-corrected chi connectivity index (χ0v) is 17.4. The molecule has 0 spiro atoms. The summed E-state index contributed by atoms with van der Waals surface area (Å²) in [5.41, 5.74) is 5.48. The molecule has 0 fully saturated rings. The van der Waals surface area contributed by atoms with Crippen LogP contribution in [0.15, 0.2) is 47.3 Å². The molecule has 2 heterocycles. The standard InChI is InChI=1S/C22H22N4O2S/c1-13-4-9-18-19(12-13)29-21(25-18)16-5-7-17(8-6-16)24-20(27)10-11-26-15(3)14(2)23-22(26)28/h4-9,12H,10-11H2,1-3H3,(H,23,28)(H,24,27). The van der Waals surface area contributed by atoms with Crippen LogP contribution in [0.1, 0.15) is 23.4 Å². The van der Waals surface area contributed by atoms with Crippen LogP contribution in [0.2, 0.25) is 0 Å². The molecule has 29 heavy (non-hydrogen) atoms. The summed E-state index contributed by atoms with van der Waals surface area (Å²) in [7, 11) is 0. The van der Waals surface area contributed by atoms with Gasteiger partial charge in [0.15, 0.2) is 0 Å². The molecule has 0 bridgehead atoms. The van der Waals surface area contributed by atoms with Gasteiger partial charge in [0.05, 0.1) is 10.2 Å². The number of H-pyrrole nitrogens is 1. The quantitative estimate of drug-likeness (QED) is 0.515. The molecule has 2 aromatic heterocycles. The number of benzene rings is 2. The van der Waals surface area contributed by atoms with E-state index >= 15 is 0 Å². The highest BCUT2D eigenvalue weighted by Gasteiger charge is 2.10. The normalized spacial score (nSPS) is 11.1. The largest absolute Gasteiger partial charge is 0.326 e. The van der Waals surface area contributed by atoms with Gasteiger partial charge < -0.3 is 10.3 Å². The van der Waals surface area contributed by atoms with E-state index in [9.17, 15) is 9.59 Å². The lowest BCUT2D eigenvalue weighted by Crippen LogP contribution is -2.22. The molecular weight excluding hydrogens is 384 g/mol. The van der Waals surface area contributed by atoms with Crippen molar-refractivity contribution in [2.75, 3.05) is 5.32 Å². The van der Waals surface area contributed by atoms with Gasteiger partial charge in [-0.25, -0.2) is 9.78 Å². The molecule has 0 radical (unpaired) electrons. The number of anilines is 1. The maximum absolute atomic E-state index is 12.3. The van der Waals surface area contributed by atoms with E-state index in [2.05, 4.69) is 29.4 Å². The minimum Gasteiger partial charge on any atom is -0.326 e. The van der Waals surface area contributed by atoms with Crippen LogP contribution in [0.25, 0.3) is 20.8 Å². The van der Waals surface area contributed by atoms with Crippen molar-refractivity contribution >= 4 is 33.1 Å². The minimum atomic E-state index is -0.178. The van der Waals surface area contributed by atoms with E-state index < -0.39 is 0 Å². The van der Waals surface area contributed by atoms with Crippen LogP contribution in [0, 0.1) is 20.8 Å². The number of aromatic amines is 1. The van der Waals surface area contributed by atoms with Gasteiger partial charge >= 0.3 is 5.69 Å². The highest BCUT2D eigenvalue weighted by molar-refractivity contribution is 7.21. The molecule has 0 unspecified atom stereocenters. The monoisotopic (exact) mass is 406 g/mol. The fourth-order valence-electron chi connectivity index (χ4n) is 3.23. The number of imidazole rings is 1. The molecular formula is C22H22N4O2S. The predicted octanol–water partition coefficient (Wildman–Crippen LogP) is 4.41. The number of carbonyl (C=O) groups is 1. The highest BCUT2D eigenvalue weighted by Crippen LogP contribution is 2.31. The van der Waals surface area contributed by atoms with Crippen molar-refractivity contribution in [2.24, 2.45) is 0 Å². The first-order chi connectivity index (χ1) is 13.9. The second kappa shape index (κ2) is 7.67. The maximum atomic E-state index is 12.3. The number of amides is 1. The first-order valence-corrected chi connectivity index (χ1v) is 10.3. The Morgan fingerprint density at radius 1 is 1.14 bits per heavy atom. The summed E-state index contributed by atoms with van der Waals surface area (Å²) in [6.45, 7) is 6.14. The lowest BCUT2D eigenvalue weighted by molar-refractivity contribution is -0.116. The van der Waals surface area contributed by atoms with Crippen LogP contribution in [-0.4, -0.2) is 20.4 Å². The van der Waals surface area contributed by atoms with E-state index in [1.54, 1.807) is 15.9 Å². The third-order valence-corrected chi connectivity index (χ3v) is 6.08. The third-order valence-electron chi connectivity index (χ3n) is 5.01. The molecule has 6 nitrogen and oxygen atoms in total. The Labute approximate surface area is 172 Å². The molecule has 7 heteroatoms. The van der Waals surface area contributed by atoms with Crippen LogP contribution in [-0.2, 0) is 11.3 Å². The maximum Gasteiger partial charge on any atom is 0.325 e. The molecule has 0 atom stereocenters. The van der Waals surface area contributed by atoms with Crippen molar-refractivity contribution < 1.29 is 4.79 Å². The number of hydrogen-bond acceptors (Lipinski definition) is 4. The molecule has 4 rings (SSSR count). The van der Waals surface area contributed by atoms with E-state index in [0.717, 1.165) is 33.2 Å². The molecule has 0 aliphatic carbocycles. The van der Waals surface area contributed by atoms with Gasteiger partial charge in [0.2, 0.25) is 5.91 Å². The van der Waals surface area contributed by atoms with E-state index in [4.69, 9.17) is 4.98 Å². The smallest absolute Gasteiger partial charge is 0.325 e. The van der Waals surface area contributed by atoms with Crippen LogP contribution in [0.3, 0.4) is 0 Å². The molecule has 1 amide bonds. The summed E-state index contributed by atoms with van der Waals surface area (Å²) >= 11 is 1.66. The topological polar surface area (TPSA) is 79.8 Å². The van der Waals surface area contributed by atoms with Crippen molar-refractivity contribution in [3.05, 3.63) is 69.9 Å². The van der Waals surface area contributed by atoms with Gasteiger partial charge in [0.1, 0.15) is 5.01 Å². The van der Waals surface area contributed by atoms with E-state index in [-0.39, 0.29) is 18.0 Å². The van der Waals surface area contributed by atoms with Crippen molar-refractivity contribution in [1.82, 2.24) is 14.5 Å². The first kappa shape index (κ1) is 19.1. The average molecular weight is 407 g/mol. The predicted molar refractivity (Wildman–Crippen MR) is 118 cm³/mol. The summed E-state index contributed by atoms with van der Waals surface area (Å²) in [5.74, 6) is -0.127. The number of nitrogens with one attached hydrogen (secondary N) is 2. The van der Waals surface area contributed by atoms with Gasteiger partial charge in [0, 0.05) is 35.6 Å². The van der Waals surface area contributed by atoms with Gasteiger partial charge in [-0.1, -0.05) is 6.07 Å². The zero-order chi connectivity index (χ0) is 20.5. The number of aromatic nitrogens is 3. The molecule has 148 valence electrons. The molecule has 2 aromatic carbocycles. The Kier molecular flexibility index (Phi) is 5.07. The molecule has 0 saturated carbocycles. The minimum absolute atomic E-state index is 0.127. The Balaban J connectivity index is 1.42. The SMILES string of the molecule is Cc1ccc2nc(-c3ccc(NC(=O)CCn4c(C)c(C)[nH]c4=O)cc3)sc2c1. The van der Waals surface area contributed by atoms with Gasteiger partial charge in [0.25, 0.3) is 0 Å². The number of hydrogen-bond donors (Lipinski definition) is 2. The van der Waals surface area contributed by atoms with Crippen LogP contribution in [0.5, 0.6) is 0 Å². The molecule has 4 aromatic rings. The Morgan fingerprint density at radius 2 is 1.90 bits per heavy atom. The number of thiazole rings is 1. The lowest BCUT2D eigenvalue weighted by atomic mass is 10.2. The summed E-state index contributed by atoms with van der Waals surface area (Å²) in [6.07, 6.45) is 0.233. The van der Waals surface area contributed by atoms with Crippen LogP contribution in [0.4, 0.5) is 5.69 Å². The van der Waals surface area contributed by atoms with E-state index in [1.807, 2.05) is 44.2 Å². The van der Waals surface area contributed by atoms with Gasteiger partial charge in [-0.05, 0) is 62.7 Å². The number of rotatable bonds is 5. The molecule has 2 N–H and O–H groups in total. The molecule has 0 aliphatic heterocycles. The first-order valence-electron chi connectivity index (χ1n) is 9.44. The van der Waals surface area contributed by atoms with Crippen LogP contribution >= 0.6 is 11.3 Å². The zero-order valence-electron chi connectivity index (χ0n) is 16.6. The highest BCUT2D eigenvalue weighted by atomic mass is 32.1. The molecule has 0 saturated heterocycles. The second-order valence-electron chi connectivity index (χ2n) is 7.16. The van der Waals surface area contributed by atoms with Gasteiger partial charge in [-0.3, -0.25) is 9.36 Å². The van der Waals surface area contributed by atoms with E-state index in [0.29, 0.717) is 6.54 Å². The Morgan fingerprint density at radius 3 is 2.59 bits per heavy atom. The van der Waals surface area contributed by atoms with Crippen molar-refractivity contribution in [2.45, 2.75) is 33.7 Å². The third kappa shape index (κ3) is 4.00. The lowest BCUT2D eigenvalue weighted by Gasteiger charge is -2.07. The second-order valence-corrected chi connectivity index (χ2v) is 8.19. The average Bonchev–Trinajstić information content (AvgIpc) is 3.21. The van der Waals surface area contributed by atoms with Crippen molar-refractivity contribution in [3.63, 3.8) is 0 Å². The van der Waals surface area contributed by atoms with Gasteiger partial charge in [-0.2, -0.15) is 0 Å². The number of aryl methyl sites for hydroxylation is 2. The summed E-state index contributed by atoms with van der Waals surface area (Å²) in [4.78, 5) is 31.6. The van der Waals surface area contributed by atoms with Crippen molar-refractivity contribution in [3.8, 4) is 10.6 Å². The number of carbonyl (C=O) groups excluding carboxylic acids is 1. The fourth-order valence-corrected chi connectivity index (χ4v) is 4.30. The van der Waals surface area contributed by atoms with Gasteiger partial charge in [-0.15, -0.1) is 11.3 Å². The summed E-state index contributed by atoms with van der Waals surface area (Å²) in [5, 5.41) is 3.85. The number of nitrogens with zero attached hydrogens (tertiary/aromatic N) is 2. The fraction of sp³-hybridized carbons (Fsp3) is 0.227. The Hall–Kier alpha value is -3.19. The van der Waals surface area contributed by atoms with Crippen molar-refractivity contribution in [1.29, 1.82) is 0 Å². The number of fused-ring (bicyclic) bond motifs is 1. The summed E-state index contributed by atoms with van der Waals surface area (Å²) in [6, 6.07) is 13.9. The van der Waals surface area contributed by atoms with E-state index in [1.165, 1.54) is 10.3 Å². The van der Waals surface area contributed by atoms with Crippen LogP contribution < -0.4 is 11.0 Å². The molecule has 0 aliphatic rings. The Bertz CT molecular complexity index is 1250.